The molecule has 3 nitrogen and oxygen atoms in total. The molecule has 16 heavy (non-hydrogen) atoms. The third kappa shape index (κ3) is 2.59. The van der Waals surface area contributed by atoms with E-state index in [1.807, 2.05) is 0 Å². The summed E-state index contributed by atoms with van der Waals surface area (Å²) in [4.78, 5) is 13.3. The molecule has 1 saturated heterocycles. The standard InChI is InChI=1S/C11H12BrFN2O/c12-10-5-9(13)2-1-8(10)7-15-4-3-14-6-11(15)16/h1-2,5,14H,3-4,6-7H2. The normalized spacial score (nSPS) is 16.6. The number of carbonyl (C=O) groups excluding carboxylic acids is 1. The summed E-state index contributed by atoms with van der Waals surface area (Å²) in [5.41, 5.74) is 0.927. The van der Waals surface area contributed by atoms with Gasteiger partial charge in [0.2, 0.25) is 5.91 Å². The van der Waals surface area contributed by atoms with E-state index in [1.54, 1.807) is 11.0 Å². The predicted octanol–water partition coefficient (Wildman–Crippen LogP) is 1.52. The van der Waals surface area contributed by atoms with Crippen LogP contribution in [0.25, 0.3) is 0 Å². The zero-order chi connectivity index (χ0) is 11.5. The minimum absolute atomic E-state index is 0.0856. The van der Waals surface area contributed by atoms with Gasteiger partial charge in [-0.3, -0.25) is 4.79 Å². The van der Waals surface area contributed by atoms with E-state index in [9.17, 15) is 9.18 Å². The van der Waals surface area contributed by atoms with Crippen molar-refractivity contribution in [3.05, 3.63) is 34.1 Å². The third-order valence-electron chi connectivity index (χ3n) is 2.56. The van der Waals surface area contributed by atoms with E-state index in [0.717, 1.165) is 12.1 Å². The Morgan fingerprint density at radius 1 is 1.50 bits per heavy atom. The number of benzene rings is 1. The number of amides is 1. The van der Waals surface area contributed by atoms with Gasteiger partial charge in [0.05, 0.1) is 6.54 Å². The summed E-state index contributed by atoms with van der Waals surface area (Å²) in [6.45, 7) is 2.42. The molecule has 1 aromatic rings. The van der Waals surface area contributed by atoms with E-state index >= 15 is 0 Å². The van der Waals surface area contributed by atoms with Gasteiger partial charge in [0, 0.05) is 24.1 Å². The number of nitrogens with zero attached hydrogens (tertiary/aromatic N) is 1. The van der Waals surface area contributed by atoms with Crippen LogP contribution in [-0.2, 0) is 11.3 Å². The van der Waals surface area contributed by atoms with Crippen LogP contribution in [0, 0.1) is 5.82 Å². The first kappa shape index (κ1) is 11.5. The lowest BCUT2D eigenvalue weighted by Gasteiger charge is -2.27. The minimum Gasteiger partial charge on any atom is -0.336 e. The van der Waals surface area contributed by atoms with Gasteiger partial charge in [-0.2, -0.15) is 0 Å². The summed E-state index contributed by atoms with van der Waals surface area (Å²) in [7, 11) is 0. The monoisotopic (exact) mass is 286 g/mol. The van der Waals surface area contributed by atoms with Gasteiger partial charge in [0.15, 0.2) is 0 Å². The fraction of sp³-hybridized carbons (Fsp3) is 0.364. The zero-order valence-electron chi connectivity index (χ0n) is 8.67. The lowest BCUT2D eigenvalue weighted by Crippen LogP contribution is -2.47. The maximum atomic E-state index is 12.9. The highest BCUT2D eigenvalue weighted by atomic mass is 79.9. The number of hydrogen-bond acceptors (Lipinski definition) is 2. The van der Waals surface area contributed by atoms with Gasteiger partial charge in [-0.25, -0.2) is 4.39 Å². The molecule has 1 amide bonds. The van der Waals surface area contributed by atoms with Crippen molar-refractivity contribution >= 4 is 21.8 Å². The number of halogens is 2. The number of piperazine rings is 1. The molecule has 0 aromatic heterocycles. The molecule has 1 heterocycles. The van der Waals surface area contributed by atoms with Gasteiger partial charge < -0.3 is 10.2 Å². The summed E-state index contributed by atoms with van der Waals surface area (Å²) in [5.74, 6) is -0.190. The van der Waals surface area contributed by atoms with Crippen molar-refractivity contribution in [2.75, 3.05) is 19.6 Å². The molecule has 1 aromatic carbocycles. The van der Waals surface area contributed by atoms with Gasteiger partial charge in [-0.05, 0) is 17.7 Å². The first-order chi connectivity index (χ1) is 7.66. The van der Waals surface area contributed by atoms with Crippen molar-refractivity contribution in [1.82, 2.24) is 10.2 Å². The van der Waals surface area contributed by atoms with Gasteiger partial charge in [0.25, 0.3) is 0 Å². The highest BCUT2D eigenvalue weighted by Crippen LogP contribution is 2.20. The van der Waals surface area contributed by atoms with Crippen LogP contribution in [0.15, 0.2) is 22.7 Å². The Kier molecular flexibility index (Phi) is 3.56. The minimum atomic E-state index is -0.276. The number of rotatable bonds is 2. The van der Waals surface area contributed by atoms with Crippen molar-refractivity contribution in [3.63, 3.8) is 0 Å². The Labute approximate surface area is 102 Å². The molecule has 0 saturated carbocycles. The molecule has 1 aliphatic rings. The molecule has 0 unspecified atom stereocenters. The van der Waals surface area contributed by atoms with Crippen LogP contribution in [0.5, 0.6) is 0 Å². The Bertz CT molecular complexity index is 411. The second-order valence-electron chi connectivity index (χ2n) is 3.73. The summed E-state index contributed by atoms with van der Waals surface area (Å²) in [6, 6.07) is 4.53. The van der Waals surface area contributed by atoms with Crippen LogP contribution >= 0.6 is 15.9 Å². The number of carbonyl (C=O) groups is 1. The van der Waals surface area contributed by atoms with Crippen LogP contribution in [0.2, 0.25) is 0 Å². The molecule has 2 rings (SSSR count). The van der Waals surface area contributed by atoms with Gasteiger partial charge in [-0.1, -0.05) is 22.0 Å². The maximum Gasteiger partial charge on any atom is 0.236 e. The van der Waals surface area contributed by atoms with Gasteiger partial charge in [-0.15, -0.1) is 0 Å². The van der Waals surface area contributed by atoms with Crippen molar-refractivity contribution in [2.24, 2.45) is 0 Å². The molecule has 5 heteroatoms. The van der Waals surface area contributed by atoms with E-state index in [0.29, 0.717) is 24.1 Å². The summed E-state index contributed by atoms with van der Waals surface area (Å²) in [6.07, 6.45) is 0. The first-order valence-corrected chi connectivity index (χ1v) is 5.88. The average molecular weight is 287 g/mol. The number of hydrogen-bond donors (Lipinski definition) is 1. The first-order valence-electron chi connectivity index (χ1n) is 5.09. The van der Waals surface area contributed by atoms with E-state index in [2.05, 4.69) is 21.2 Å². The lowest BCUT2D eigenvalue weighted by atomic mass is 10.2. The van der Waals surface area contributed by atoms with Crippen LogP contribution in [0.4, 0.5) is 4.39 Å². The van der Waals surface area contributed by atoms with Gasteiger partial charge >= 0.3 is 0 Å². The predicted molar refractivity (Wildman–Crippen MR) is 62.4 cm³/mol. The molecule has 0 spiro atoms. The lowest BCUT2D eigenvalue weighted by molar-refractivity contribution is -0.132. The topological polar surface area (TPSA) is 32.3 Å². The van der Waals surface area contributed by atoms with Crippen molar-refractivity contribution < 1.29 is 9.18 Å². The Morgan fingerprint density at radius 3 is 3.00 bits per heavy atom. The summed E-state index contributed by atoms with van der Waals surface area (Å²) >= 11 is 3.30. The fourth-order valence-corrected chi connectivity index (χ4v) is 2.14. The van der Waals surface area contributed by atoms with Crippen LogP contribution < -0.4 is 5.32 Å². The van der Waals surface area contributed by atoms with E-state index in [1.165, 1.54) is 12.1 Å². The second-order valence-corrected chi connectivity index (χ2v) is 4.58. The SMILES string of the molecule is O=C1CNCCN1Cc1ccc(F)cc1Br. The maximum absolute atomic E-state index is 12.9. The molecule has 0 bridgehead atoms. The molecule has 0 radical (unpaired) electrons. The Hall–Kier alpha value is -0.940. The van der Waals surface area contributed by atoms with Gasteiger partial charge in [0.1, 0.15) is 5.82 Å². The Balaban J connectivity index is 2.10. The van der Waals surface area contributed by atoms with E-state index < -0.39 is 0 Å². The molecule has 1 fully saturated rings. The second kappa shape index (κ2) is 4.93. The van der Waals surface area contributed by atoms with Crippen molar-refractivity contribution in [1.29, 1.82) is 0 Å². The van der Waals surface area contributed by atoms with Crippen LogP contribution in [0.3, 0.4) is 0 Å². The smallest absolute Gasteiger partial charge is 0.236 e. The highest BCUT2D eigenvalue weighted by molar-refractivity contribution is 9.10. The summed E-state index contributed by atoms with van der Waals surface area (Å²) in [5, 5.41) is 3.01. The molecule has 0 atom stereocenters. The third-order valence-corrected chi connectivity index (χ3v) is 3.30. The Morgan fingerprint density at radius 2 is 2.31 bits per heavy atom. The average Bonchev–Trinajstić information content (AvgIpc) is 2.25. The van der Waals surface area contributed by atoms with Crippen LogP contribution in [-0.4, -0.2) is 30.4 Å². The largest absolute Gasteiger partial charge is 0.336 e. The van der Waals surface area contributed by atoms with Crippen molar-refractivity contribution in [2.45, 2.75) is 6.54 Å². The quantitative estimate of drug-likeness (QED) is 0.894. The van der Waals surface area contributed by atoms with Crippen molar-refractivity contribution in [3.8, 4) is 0 Å². The molecule has 86 valence electrons. The molecular formula is C11H12BrFN2O. The zero-order valence-corrected chi connectivity index (χ0v) is 10.3. The molecular weight excluding hydrogens is 275 g/mol. The molecule has 0 aliphatic carbocycles. The number of nitrogens with one attached hydrogen (secondary N) is 1. The summed E-state index contributed by atoms with van der Waals surface area (Å²) < 4.78 is 13.6. The molecule has 1 aliphatic heterocycles. The fourth-order valence-electron chi connectivity index (χ4n) is 1.67. The highest BCUT2D eigenvalue weighted by Gasteiger charge is 2.18. The molecule has 1 N–H and O–H groups in total. The van der Waals surface area contributed by atoms with Crippen LogP contribution in [0.1, 0.15) is 5.56 Å². The van der Waals surface area contributed by atoms with E-state index in [-0.39, 0.29) is 11.7 Å². The van der Waals surface area contributed by atoms with E-state index in [4.69, 9.17) is 0 Å².